The quantitative estimate of drug-likeness (QED) is 0.730. The molecule has 0 atom stereocenters. The van der Waals surface area contributed by atoms with Crippen LogP contribution in [0.5, 0.6) is 5.75 Å². The zero-order valence-electron chi connectivity index (χ0n) is 11.6. The second kappa shape index (κ2) is 6.05. The van der Waals surface area contributed by atoms with Gasteiger partial charge in [0, 0.05) is 17.1 Å². The van der Waals surface area contributed by atoms with E-state index in [0.29, 0.717) is 11.3 Å². The van der Waals surface area contributed by atoms with Gasteiger partial charge in [-0.25, -0.2) is 4.79 Å². The Morgan fingerprint density at radius 2 is 2.00 bits per heavy atom. The summed E-state index contributed by atoms with van der Waals surface area (Å²) >= 11 is 3.41. The van der Waals surface area contributed by atoms with Crippen LogP contribution in [0.4, 0.5) is 17.1 Å². The molecule has 0 spiro atoms. The predicted molar refractivity (Wildman–Crippen MR) is 86.5 cm³/mol. The third kappa shape index (κ3) is 3.28. The number of halogens is 1. The molecule has 0 saturated carbocycles. The summed E-state index contributed by atoms with van der Waals surface area (Å²) in [6.45, 7) is 1.77. The standard InChI is InChI=1S/C15H15BrN2O3/c1-8-5-10(6-11(14(8)17)15(19)20)18-9-3-4-13(21-2)12(16)7-9/h3-7,18H,17H2,1-2H3,(H,19,20). The summed E-state index contributed by atoms with van der Waals surface area (Å²) in [4.78, 5) is 11.2. The van der Waals surface area contributed by atoms with E-state index in [9.17, 15) is 4.79 Å². The Labute approximate surface area is 130 Å². The van der Waals surface area contributed by atoms with E-state index in [2.05, 4.69) is 21.2 Å². The number of aryl methyl sites for hydroxylation is 1. The number of carboxylic acid groups (broad SMARTS) is 1. The highest BCUT2D eigenvalue weighted by molar-refractivity contribution is 9.10. The first kappa shape index (κ1) is 15.2. The predicted octanol–water partition coefficient (Wildman–Crippen LogP) is 3.79. The van der Waals surface area contributed by atoms with Crippen LogP contribution in [0.3, 0.4) is 0 Å². The molecular formula is C15H15BrN2O3. The minimum atomic E-state index is -1.05. The van der Waals surface area contributed by atoms with Crippen LogP contribution >= 0.6 is 15.9 Å². The number of carboxylic acids is 1. The van der Waals surface area contributed by atoms with Gasteiger partial charge in [-0.05, 0) is 58.7 Å². The fourth-order valence-electron chi connectivity index (χ4n) is 1.96. The van der Waals surface area contributed by atoms with E-state index in [4.69, 9.17) is 15.6 Å². The zero-order valence-corrected chi connectivity index (χ0v) is 13.2. The van der Waals surface area contributed by atoms with E-state index in [1.165, 1.54) is 6.07 Å². The molecule has 0 radical (unpaired) electrons. The number of nitrogens with one attached hydrogen (secondary N) is 1. The van der Waals surface area contributed by atoms with Crippen LogP contribution in [-0.4, -0.2) is 18.2 Å². The fourth-order valence-corrected chi connectivity index (χ4v) is 2.50. The molecule has 2 rings (SSSR count). The monoisotopic (exact) mass is 350 g/mol. The first-order valence-corrected chi connectivity index (χ1v) is 6.95. The number of carbonyl (C=O) groups is 1. The van der Waals surface area contributed by atoms with Crippen LogP contribution in [0.1, 0.15) is 15.9 Å². The molecule has 2 aromatic carbocycles. The maximum absolute atomic E-state index is 11.2. The normalized spacial score (nSPS) is 10.2. The molecule has 4 N–H and O–H groups in total. The molecule has 21 heavy (non-hydrogen) atoms. The second-order valence-electron chi connectivity index (χ2n) is 4.53. The van der Waals surface area contributed by atoms with E-state index in [1.54, 1.807) is 20.1 Å². The van der Waals surface area contributed by atoms with Gasteiger partial charge in [0.2, 0.25) is 0 Å². The van der Waals surface area contributed by atoms with Gasteiger partial charge in [-0.15, -0.1) is 0 Å². The Bertz CT molecular complexity index is 702. The lowest BCUT2D eigenvalue weighted by molar-refractivity contribution is 0.0698. The molecular weight excluding hydrogens is 336 g/mol. The van der Waals surface area contributed by atoms with Crippen molar-refractivity contribution in [2.75, 3.05) is 18.2 Å². The summed E-state index contributed by atoms with van der Waals surface area (Å²) in [5.41, 5.74) is 8.33. The van der Waals surface area contributed by atoms with Gasteiger partial charge in [-0.2, -0.15) is 0 Å². The molecule has 0 amide bonds. The molecule has 0 aliphatic heterocycles. The molecule has 0 unspecified atom stereocenters. The van der Waals surface area contributed by atoms with Crippen molar-refractivity contribution in [2.45, 2.75) is 6.92 Å². The van der Waals surface area contributed by atoms with Gasteiger partial charge in [0.15, 0.2) is 0 Å². The molecule has 0 saturated heterocycles. The summed E-state index contributed by atoms with van der Waals surface area (Å²) < 4.78 is 5.97. The Morgan fingerprint density at radius 3 is 2.57 bits per heavy atom. The van der Waals surface area contributed by atoms with Crippen molar-refractivity contribution in [3.63, 3.8) is 0 Å². The lowest BCUT2D eigenvalue weighted by Gasteiger charge is -2.12. The number of benzene rings is 2. The Kier molecular flexibility index (Phi) is 4.37. The van der Waals surface area contributed by atoms with Crippen LogP contribution in [0.2, 0.25) is 0 Å². The van der Waals surface area contributed by atoms with E-state index >= 15 is 0 Å². The van der Waals surface area contributed by atoms with Crippen LogP contribution in [-0.2, 0) is 0 Å². The van der Waals surface area contributed by atoms with Crippen molar-refractivity contribution in [1.82, 2.24) is 0 Å². The summed E-state index contributed by atoms with van der Waals surface area (Å²) in [5, 5.41) is 12.3. The average molecular weight is 351 g/mol. The van der Waals surface area contributed by atoms with E-state index in [0.717, 1.165) is 15.9 Å². The molecule has 6 heteroatoms. The van der Waals surface area contributed by atoms with E-state index in [-0.39, 0.29) is 11.3 Å². The van der Waals surface area contributed by atoms with Gasteiger partial charge in [-0.3, -0.25) is 0 Å². The highest BCUT2D eigenvalue weighted by Crippen LogP contribution is 2.30. The minimum Gasteiger partial charge on any atom is -0.496 e. The number of aromatic carboxylic acids is 1. The van der Waals surface area contributed by atoms with Gasteiger partial charge in [0.25, 0.3) is 0 Å². The number of hydrogen-bond acceptors (Lipinski definition) is 4. The molecule has 0 heterocycles. The average Bonchev–Trinajstić information content (AvgIpc) is 2.42. The number of nitrogen functional groups attached to an aromatic ring is 1. The van der Waals surface area contributed by atoms with Gasteiger partial charge >= 0.3 is 5.97 Å². The third-order valence-electron chi connectivity index (χ3n) is 3.06. The molecule has 0 bridgehead atoms. The highest BCUT2D eigenvalue weighted by atomic mass is 79.9. The Hall–Kier alpha value is -2.21. The van der Waals surface area contributed by atoms with Gasteiger partial charge in [-0.1, -0.05) is 0 Å². The van der Waals surface area contributed by atoms with Crippen molar-refractivity contribution < 1.29 is 14.6 Å². The number of nitrogens with two attached hydrogens (primary N) is 1. The smallest absolute Gasteiger partial charge is 0.337 e. The summed E-state index contributed by atoms with van der Waals surface area (Å²) in [5.74, 6) is -0.324. The highest BCUT2D eigenvalue weighted by Gasteiger charge is 2.12. The fraction of sp³-hybridized carbons (Fsp3) is 0.133. The van der Waals surface area contributed by atoms with Gasteiger partial charge in [0.05, 0.1) is 17.1 Å². The van der Waals surface area contributed by atoms with Crippen molar-refractivity contribution in [1.29, 1.82) is 0 Å². The molecule has 5 nitrogen and oxygen atoms in total. The molecule has 2 aromatic rings. The second-order valence-corrected chi connectivity index (χ2v) is 5.39. The van der Waals surface area contributed by atoms with Gasteiger partial charge in [0.1, 0.15) is 5.75 Å². The van der Waals surface area contributed by atoms with Gasteiger partial charge < -0.3 is 20.9 Å². The third-order valence-corrected chi connectivity index (χ3v) is 3.68. The van der Waals surface area contributed by atoms with Crippen molar-refractivity contribution >= 4 is 39.0 Å². The van der Waals surface area contributed by atoms with Crippen molar-refractivity contribution in [2.24, 2.45) is 0 Å². The van der Waals surface area contributed by atoms with Crippen LogP contribution in [0.15, 0.2) is 34.8 Å². The summed E-state index contributed by atoms with van der Waals surface area (Å²) in [7, 11) is 1.59. The lowest BCUT2D eigenvalue weighted by atomic mass is 10.1. The SMILES string of the molecule is COc1ccc(Nc2cc(C)c(N)c(C(=O)O)c2)cc1Br. The Balaban J connectivity index is 2.35. The molecule has 0 aliphatic rings. The molecule has 0 aromatic heterocycles. The zero-order chi connectivity index (χ0) is 15.6. The van der Waals surface area contributed by atoms with Crippen molar-refractivity contribution in [3.8, 4) is 5.75 Å². The van der Waals surface area contributed by atoms with Crippen LogP contribution in [0.25, 0.3) is 0 Å². The summed E-state index contributed by atoms with van der Waals surface area (Å²) in [6.07, 6.45) is 0. The lowest BCUT2D eigenvalue weighted by Crippen LogP contribution is -2.05. The summed E-state index contributed by atoms with van der Waals surface area (Å²) in [6, 6.07) is 8.83. The number of ether oxygens (including phenoxy) is 1. The molecule has 0 fully saturated rings. The van der Waals surface area contributed by atoms with Crippen LogP contribution < -0.4 is 15.8 Å². The number of anilines is 3. The van der Waals surface area contributed by atoms with Crippen LogP contribution in [0, 0.1) is 6.92 Å². The number of rotatable bonds is 4. The Morgan fingerprint density at radius 1 is 1.29 bits per heavy atom. The molecule has 110 valence electrons. The maximum Gasteiger partial charge on any atom is 0.337 e. The minimum absolute atomic E-state index is 0.0880. The maximum atomic E-state index is 11.2. The molecule has 0 aliphatic carbocycles. The van der Waals surface area contributed by atoms with E-state index in [1.807, 2.05) is 18.2 Å². The first-order chi connectivity index (χ1) is 9.92. The van der Waals surface area contributed by atoms with Crippen molar-refractivity contribution in [3.05, 3.63) is 45.9 Å². The number of methoxy groups -OCH3 is 1. The first-order valence-electron chi connectivity index (χ1n) is 6.16. The largest absolute Gasteiger partial charge is 0.496 e. The topological polar surface area (TPSA) is 84.6 Å². The number of hydrogen-bond donors (Lipinski definition) is 3. The van der Waals surface area contributed by atoms with E-state index < -0.39 is 5.97 Å².